The Morgan fingerprint density at radius 3 is 2.24 bits per heavy atom. The average Bonchev–Trinajstić information content (AvgIpc) is 2.83. The number of rotatable bonds is 10. The Morgan fingerprint density at radius 2 is 1.61 bits per heavy atom. The van der Waals surface area contributed by atoms with Crippen molar-refractivity contribution in [2.24, 2.45) is 0 Å². The van der Waals surface area contributed by atoms with Gasteiger partial charge in [0.15, 0.2) is 0 Å². The number of benzene rings is 3. The molecule has 0 radical (unpaired) electrons. The van der Waals surface area contributed by atoms with E-state index in [4.69, 9.17) is 9.47 Å². The number of carbonyl (C=O) groups is 1. The molecular formula is C25H28N2O5S. The van der Waals surface area contributed by atoms with Crippen LogP contribution in [0.25, 0.3) is 0 Å². The van der Waals surface area contributed by atoms with Crippen molar-refractivity contribution in [3.63, 3.8) is 0 Å². The highest BCUT2D eigenvalue weighted by atomic mass is 32.2. The molecule has 0 aromatic heterocycles. The van der Waals surface area contributed by atoms with Crippen molar-refractivity contribution in [2.45, 2.75) is 24.8 Å². The minimum Gasteiger partial charge on any atom is -0.495 e. The molecule has 0 saturated heterocycles. The molecule has 0 saturated carbocycles. The van der Waals surface area contributed by atoms with Gasteiger partial charge in [-0.3, -0.25) is 9.10 Å². The number of hydrogen-bond acceptors (Lipinski definition) is 5. The van der Waals surface area contributed by atoms with Crippen LogP contribution in [0.15, 0.2) is 83.8 Å². The van der Waals surface area contributed by atoms with E-state index in [9.17, 15) is 13.2 Å². The van der Waals surface area contributed by atoms with E-state index >= 15 is 0 Å². The molecule has 1 N–H and O–H groups in total. The fourth-order valence-electron chi connectivity index (χ4n) is 3.38. The van der Waals surface area contributed by atoms with Crippen LogP contribution in [0.1, 0.15) is 25.5 Å². The van der Waals surface area contributed by atoms with Crippen molar-refractivity contribution < 1.29 is 22.7 Å². The Kier molecular flexibility index (Phi) is 7.95. The van der Waals surface area contributed by atoms with Gasteiger partial charge in [-0.25, -0.2) is 8.42 Å². The smallest absolute Gasteiger partial charge is 0.264 e. The minimum absolute atomic E-state index is 0.0864. The molecule has 8 heteroatoms. The van der Waals surface area contributed by atoms with Crippen LogP contribution in [-0.4, -0.2) is 34.6 Å². The maximum atomic E-state index is 13.5. The summed E-state index contributed by atoms with van der Waals surface area (Å²) in [7, 11) is -2.56. The van der Waals surface area contributed by atoms with Crippen LogP contribution in [0, 0.1) is 0 Å². The molecule has 0 fully saturated rings. The van der Waals surface area contributed by atoms with Gasteiger partial charge in [0, 0.05) is 0 Å². The number of para-hydroxylation sites is 2. The van der Waals surface area contributed by atoms with Crippen molar-refractivity contribution in [1.82, 2.24) is 5.32 Å². The topological polar surface area (TPSA) is 84.9 Å². The molecular weight excluding hydrogens is 440 g/mol. The van der Waals surface area contributed by atoms with Crippen molar-refractivity contribution in [3.8, 4) is 11.5 Å². The van der Waals surface area contributed by atoms with Gasteiger partial charge in [-0.15, -0.1) is 0 Å². The molecule has 0 aliphatic heterocycles. The van der Waals surface area contributed by atoms with E-state index in [0.29, 0.717) is 12.4 Å². The van der Waals surface area contributed by atoms with Gasteiger partial charge >= 0.3 is 0 Å². The first-order valence-electron chi connectivity index (χ1n) is 10.6. The molecule has 1 amide bonds. The van der Waals surface area contributed by atoms with Crippen molar-refractivity contribution >= 4 is 21.6 Å². The number of carbonyl (C=O) groups excluding carboxylic acids is 1. The lowest BCUT2D eigenvalue weighted by Gasteiger charge is -2.26. The van der Waals surface area contributed by atoms with E-state index in [0.717, 1.165) is 15.6 Å². The molecule has 0 aliphatic rings. The minimum atomic E-state index is -4.02. The fraction of sp³-hybridized carbons (Fsp3) is 0.240. The number of amides is 1. The van der Waals surface area contributed by atoms with Crippen LogP contribution < -0.4 is 19.1 Å². The predicted octanol–water partition coefficient (Wildman–Crippen LogP) is 4.17. The quantitative estimate of drug-likeness (QED) is 0.483. The number of ether oxygens (including phenoxy) is 2. The first-order valence-corrected chi connectivity index (χ1v) is 12.0. The van der Waals surface area contributed by atoms with Gasteiger partial charge in [-0.2, -0.15) is 0 Å². The summed E-state index contributed by atoms with van der Waals surface area (Å²) in [4.78, 5) is 13.1. The Morgan fingerprint density at radius 1 is 0.970 bits per heavy atom. The van der Waals surface area contributed by atoms with E-state index in [2.05, 4.69) is 5.32 Å². The third-order valence-electron chi connectivity index (χ3n) is 5.04. The summed E-state index contributed by atoms with van der Waals surface area (Å²) in [5.74, 6) is 0.655. The number of anilines is 1. The predicted molar refractivity (Wildman–Crippen MR) is 128 cm³/mol. The first kappa shape index (κ1) is 24.1. The van der Waals surface area contributed by atoms with Crippen LogP contribution in [0.2, 0.25) is 0 Å². The lowest BCUT2D eigenvalue weighted by Crippen LogP contribution is -2.41. The van der Waals surface area contributed by atoms with Crippen LogP contribution in [0.3, 0.4) is 0 Å². The van der Waals surface area contributed by atoms with Gasteiger partial charge in [-0.05, 0) is 55.8 Å². The molecule has 0 heterocycles. The zero-order valence-electron chi connectivity index (χ0n) is 18.9. The number of methoxy groups -OCH3 is 1. The summed E-state index contributed by atoms with van der Waals surface area (Å²) >= 11 is 0. The number of sulfonamides is 1. The summed E-state index contributed by atoms with van der Waals surface area (Å²) in [5, 5.41) is 2.88. The third kappa shape index (κ3) is 5.84. The highest BCUT2D eigenvalue weighted by Crippen LogP contribution is 2.32. The molecule has 0 unspecified atom stereocenters. The second-order valence-electron chi connectivity index (χ2n) is 7.29. The second kappa shape index (κ2) is 10.9. The lowest BCUT2D eigenvalue weighted by molar-refractivity contribution is -0.120. The maximum Gasteiger partial charge on any atom is 0.264 e. The Balaban J connectivity index is 1.86. The molecule has 3 aromatic carbocycles. The van der Waals surface area contributed by atoms with Crippen LogP contribution in [0.5, 0.6) is 11.5 Å². The van der Waals surface area contributed by atoms with Gasteiger partial charge in [0.05, 0.1) is 30.3 Å². The summed E-state index contributed by atoms with van der Waals surface area (Å²) in [5.41, 5.74) is 1.16. The highest BCUT2D eigenvalue weighted by molar-refractivity contribution is 7.92. The Hall–Kier alpha value is -3.52. The van der Waals surface area contributed by atoms with Crippen molar-refractivity contribution in [1.29, 1.82) is 0 Å². The summed E-state index contributed by atoms with van der Waals surface area (Å²) in [6.07, 6.45) is 0. The second-order valence-corrected chi connectivity index (χ2v) is 9.15. The normalized spacial score (nSPS) is 12.0. The van der Waals surface area contributed by atoms with Crippen LogP contribution in [0.4, 0.5) is 5.69 Å². The number of hydrogen-bond donors (Lipinski definition) is 1. The molecule has 7 nitrogen and oxygen atoms in total. The number of nitrogens with one attached hydrogen (secondary N) is 1. The maximum absolute atomic E-state index is 13.5. The van der Waals surface area contributed by atoms with Crippen LogP contribution in [-0.2, 0) is 14.8 Å². The molecule has 1 atom stereocenters. The molecule has 3 rings (SSSR count). The van der Waals surface area contributed by atoms with E-state index < -0.39 is 22.5 Å². The standard InChI is InChI=1S/C25H28N2O5S/c1-4-32-21-16-14-20(15-17-21)19(2)26-25(28)18-27(23-12-8-9-13-24(23)31-3)33(29,30)22-10-6-5-7-11-22/h5-17,19H,4,18H2,1-3H3,(H,26,28)/t19-/m1/s1. The van der Waals surface area contributed by atoms with E-state index in [1.807, 2.05) is 38.1 Å². The van der Waals surface area contributed by atoms with Crippen molar-refractivity contribution in [3.05, 3.63) is 84.4 Å². The Labute approximate surface area is 195 Å². The molecule has 3 aromatic rings. The lowest BCUT2D eigenvalue weighted by atomic mass is 10.1. The number of nitrogens with zero attached hydrogens (tertiary/aromatic N) is 1. The summed E-state index contributed by atoms with van der Waals surface area (Å²) < 4.78 is 38.8. The van der Waals surface area contributed by atoms with Crippen molar-refractivity contribution in [2.75, 3.05) is 24.6 Å². The average molecular weight is 469 g/mol. The zero-order valence-corrected chi connectivity index (χ0v) is 19.7. The van der Waals surface area contributed by atoms with Gasteiger partial charge in [0.2, 0.25) is 5.91 Å². The highest BCUT2D eigenvalue weighted by Gasteiger charge is 2.29. The van der Waals surface area contributed by atoms with Crippen LogP contribution >= 0.6 is 0 Å². The summed E-state index contributed by atoms with van der Waals surface area (Å²) in [6, 6.07) is 21.8. The Bertz CT molecular complexity index is 1160. The zero-order chi connectivity index (χ0) is 23.8. The van der Waals surface area contributed by atoms with Gasteiger partial charge in [-0.1, -0.05) is 42.5 Å². The molecule has 0 aliphatic carbocycles. The van der Waals surface area contributed by atoms with E-state index in [1.54, 1.807) is 42.5 Å². The fourth-order valence-corrected chi connectivity index (χ4v) is 4.83. The van der Waals surface area contributed by atoms with E-state index in [1.165, 1.54) is 19.2 Å². The molecule has 33 heavy (non-hydrogen) atoms. The van der Waals surface area contributed by atoms with Gasteiger partial charge in [0.1, 0.15) is 18.0 Å². The van der Waals surface area contributed by atoms with Gasteiger partial charge < -0.3 is 14.8 Å². The third-order valence-corrected chi connectivity index (χ3v) is 6.81. The molecule has 0 spiro atoms. The largest absolute Gasteiger partial charge is 0.495 e. The molecule has 174 valence electrons. The van der Waals surface area contributed by atoms with Gasteiger partial charge in [0.25, 0.3) is 10.0 Å². The SMILES string of the molecule is CCOc1ccc([C@@H](C)NC(=O)CN(c2ccccc2OC)S(=O)(=O)c2ccccc2)cc1. The first-order chi connectivity index (χ1) is 15.9. The van der Waals surface area contributed by atoms with E-state index in [-0.39, 0.29) is 16.6 Å². The monoisotopic (exact) mass is 468 g/mol. The summed E-state index contributed by atoms with van der Waals surface area (Å²) in [6.45, 7) is 3.92. The molecule has 0 bridgehead atoms.